The van der Waals surface area contributed by atoms with Gasteiger partial charge in [-0.05, 0) is 61.1 Å². The standard InChI is InChI=1S/C14H18F3NO.C8H8F3N.C6H12O2/c1-3-11(4-2)13(19)18-9-10-5-7-12(8-6-10)14(15,16)17;9-8(10,11)7-3-1-6(5-12)2-4-7;1-3-5(4-2)6(7)8/h5-8,11H,3-4,9H2,1-2H3,(H,18,19);1-4H,5,12H2;5H,3-4H2,1-2H3,(H,7,8). The molecule has 0 bridgehead atoms. The summed E-state index contributed by atoms with van der Waals surface area (Å²) < 4.78 is 73.1. The van der Waals surface area contributed by atoms with Crippen LogP contribution < -0.4 is 11.1 Å². The first kappa shape index (κ1) is 35.9. The molecular weight excluding hydrogens is 526 g/mol. The number of carbonyl (C=O) groups excluding carboxylic acids is 1. The summed E-state index contributed by atoms with van der Waals surface area (Å²) in [7, 11) is 0. The molecule has 11 heteroatoms. The molecule has 39 heavy (non-hydrogen) atoms. The van der Waals surface area contributed by atoms with Gasteiger partial charge >= 0.3 is 18.3 Å². The lowest BCUT2D eigenvalue weighted by atomic mass is 10.0. The summed E-state index contributed by atoms with van der Waals surface area (Å²) in [6.07, 6.45) is -5.58. The Morgan fingerprint density at radius 2 is 1.08 bits per heavy atom. The van der Waals surface area contributed by atoms with Crippen molar-refractivity contribution in [2.45, 2.75) is 78.8 Å². The molecule has 0 aromatic heterocycles. The van der Waals surface area contributed by atoms with Crippen LogP contribution in [0.5, 0.6) is 0 Å². The summed E-state index contributed by atoms with van der Waals surface area (Å²) >= 11 is 0. The number of carbonyl (C=O) groups is 2. The highest BCUT2D eigenvalue weighted by Gasteiger charge is 2.30. The molecule has 2 rings (SSSR count). The molecule has 0 radical (unpaired) electrons. The molecule has 5 nitrogen and oxygen atoms in total. The summed E-state index contributed by atoms with van der Waals surface area (Å²) in [6.45, 7) is 8.17. The van der Waals surface area contributed by atoms with Crippen LogP contribution in [0.15, 0.2) is 48.5 Å². The predicted octanol–water partition coefficient (Wildman–Crippen LogP) is 7.43. The third kappa shape index (κ3) is 14.0. The van der Waals surface area contributed by atoms with Crippen LogP contribution >= 0.6 is 0 Å². The number of hydrogen-bond donors (Lipinski definition) is 3. The summed E-state index contributed by atoms with van der Waals surface area (Å²) in [5.41, 5.74) is 5.27. The van der Waals surface area contributed by atoms with Gasteiger partial charge in [-0.3, -0.25) is 9.59 Å². The number of halogens is 6. The predicted molar refractivity (Wildman–Crippen MR) is 138 cm³/mol. The summed E-state index contributed by atoms with van der Waals surface area (Å²) in [6, 6.07) is 9.64. The first-order chi connectivity index (χ1) is 18.1. The van der Waals surface area contributed by atoms with Crippen molar-refractivity contribution in [3.63, 3.8) is 0 Å². The number of amides is 1. The van der Waals surface area contributed by atoms with E-state index in [0.29, 0.717) is 11.1 Å². The van der Waals surface area contributed by atoms with E-state index in [1.54, 1.807) is 0 Å². The smallest absolute Gasteiger partial charge is 0.416 e. The molecule has 220 valence electrons. The fourth-order valence-electron chi connectivity index (χ4n) is 3.27. The van der Waals surface area contributed by atoms with E-state index in [-0.39, 0.29) is 30.8 Å². The Balaban J connectivity index is 0.000000616. The van der Waals surface area contributed by atoms with Gasteiger partial charge in [-0.15, -0.1) is 0 Å². The van der Waals surface area contributed by atoms with E-state index >= 15 is 0 Å². The number of carboxylic acids is 1. The average molecular weight is 565 g/mol. The second-order valence-corrected chi connectivity index (χ2v) is 8.68. The summed E-state index contributed by atoms with van der Waals surface area (Å²) in [5.74, 6) is -0.885. The maximum atomic E-state index is 12.4. The van der Waals surface area contributed by atoms with Gasteiger partial charge in [0.2, 0.25) is 5.91 Å². The number of aliphatic carboxylic acids is 1. The number of nitrogens with two attached hydrogens (primary N) is 1. The van der Waals surface area contributed by atoms with Gasteiger partial charge in [0.05, 0.1) is 17.0 Å². The fourth-order valence-corrected chi connectivity index (χ4v) is 3.27. The normalized spacial score (nSPS) is 11.3. The molecule has 2 aromatic carbocycles. The number of rotatable bonds is 9. The van der Waals surface area contributed by atoms with Crippen molar-refractivity contribution in [2.24, 2.45) is 17.6 Å². The van der Waals surface area contributed by atoms with E-state index in [1.807, 2.05) is 27.7 Å². The highest BCUT2D eigenvalue weighted by molar-refractivity contribution is 5.78. The first-order valence-corrected chi connectivity index (χ1v) is 12.7. The molecular formula is C28H38F6N2O3. The van der Waals surface area contributed by atoms with Gasteiger partial charge < -0.3 is 16.2 Å². The van der Waals surface area contributed by atoms with Crippen molar-refractivity contribution in [1.29, 1.82) is 0 Å². The van der Waals surface area contributed by atoms with Gasteiger partial charge in [0, 0.05) is 19.0 Å². The second-order valence-electron chi connectivity index (χ2n) is 8.68. The van der Waals surface area contributed by atoms with Gasteiger partial charge in [0.25, 0.3) is 0 Å². The van der Waals surface area contributed by atoms with Crippen LogP contribution in [-0.4, -0.2) is 17.0 Å². The first-order valence-electron chi connectivity index (χ1n) is 12.7. The van der Waals surface area contributed by atoms with E-state index in [1.165, 1.54) is 24.3 Å². The highest BCUT2D eigenvalue weighted by atomic mass is 19.4. The van der Waals surface area contributed by atoms with Crippen molar-refractivity contribution >= 4 is 11.9 Å². The third-order valence-corrected chi connectivity index (χ3v) is 5.96. The second kappa shape index (κ2) is 17.5. The summed E-state index contributed by atoms with van der Waals surface area (Å²) in [4.78, 5) is 21.9. The molecule has 2 aromatic rings. The van der Waals surface area contributed by atoms with Crippen molar-refractivity contribution in [2.75, 3.05) is 0 Å². The van der Waals surface area contributed by atoms with Gasteiger partial charge in [-0.25, -0.2) is 0 Å². The van der Waals surface area contributed by atoms with Gasteiger partial charge in [-0.1, -0.05) is 52.0 Å². The minimum atomic E-state index is -4.32. The van der Waals surface area contributed by atoms with Crippen LogP contribution in [0, 0.1) is 11.8 Å². The summed E-state index contributed by atoms with van der Waals surface area (Å²) in [5, 5.41) is 11.1. The minimum Gasteiger partial charge on any atom is -0.481 e. The molecule has 0 atom stereocenters. The highest BCUT2D eigenvalue weighted by Crippen LogP contribution is 2.29. The Hall–Kier alpha value is -3.08. The Morgan fingerprint density at radius 1 is 0.718 bits per heavy atom. The molecule has 4 N–H and O–H groups in total. The van der Waals surface area contributed by atoms with E-state index in [9.17, 15) is 35.9 Å². The number of alkyl halides is 6. The van der Waals surface area contributed by atoms with Gasteiger partial charge in [-0.2, -0.15) is 26.3 Å². The van der Waals surface area contributed by atoms with Crippen LogP contribution in [0.4, 0.5) is 26.3 Å². The van der Waals surface area contributed by atoms with Crippen LogP contribution in [0.1, 0.15) is 75.6 Å². The van der Waals surface area contributed by atoms with Crippen molar-refractivity contribution < 1.29 is 41.0 Å². The van der Waals surface area contributed by atoms with E-state index in [4.69, 9.17) is 10.8 Å². The fraction of sp³-hybridized carbons (Fsp3) is 0.500. The molecule has 0 unspecified atom stereocenters. The SMILES string of the molecule is CCC(CC)C(=O)NCc1ccc(C(F)(F)F)cc1.CCC(CC)C(=O)O.NCc1ccc(C(F)(F)F)cc1. The molecule has 0 aliphatic heterocycles. The molecule has 0 saturated carbocycles. The molecule has 0 heterocycles. The zero-order valence-corrected chi connectivity index (χ0v) is 22.6. The largest absolute Gasteiger partial charge is 0.481 e. The maximum absolute atomic E-state index is 12.4. The number of benzene rings is 2. The van der Waals surface area contributed by atoms with Gasteiger partial charge in [0.15, 0.2) is 0 Å². The Labute approximate surface area is 225 Å². The molecule has 0 fully saturated rings. The number of hydrogen-bond acceptors (Lipinski definition) is 3. The van der Waals surface area contributed by atoms with Gasteiger partial charge in [0.1, 0.15) is 0 Å². The topological polar surface area (TPSA) is 92.4 Å². The van der Waals surface area contributed by atoms with E-state index in [2.05, 4.69) is 5.32 Å². The number of nitrogens with one attached hydrogen (secondary N) is 1. The lowest BCUT2D eigenvalue weighted by molar-refractivity contribution is -0.142. The third-order valence-electron chi connectivity index (χ3n) is 5.96. The molecule has 1 amide bonds. The van der Waals surface area contributed by atoms with Crippen LogP contribution in [0.3, 0.4) is 0 Å². The minimum absolute atomic E-state index is 0.0329. The number of carboxylic acid groups (broad SMARTS) is 1. The Kier molecular flexibility index (Phi) is 16.1. The Morgan fingerprint density at radius 3 is 1.33 bits per heavy atom. The monoisotopic (exact) mass is 564 g/mol. The van der Waals surface area contributed by atoms with E-state index < -0.39 is 29.4 Å². The molecule has 0 aliphatic carbocycles. The lowest BCUT2D eigenvalue weighted by Gasteiger charge is -2.13. The van der Waals surface area contributed by atoms with Crippen molar-refractivity contribution in [1.82, 2.24) is 5.32 Å². The quantitative estimate of drug-likeness (QED) is 0.276. The zero-order chi connectivity index (χ0) is 30.2. The molecule has 0 saturated heterocycles. The van der Waals surface area contributed by atoms with Crippen LogP contribution in [0.2, 0.25) is 0 Å². The van der Waals surface area contributed by atoms with Crippen molar-refractivity contribution in [3.05, 3.63) is 70.8 Å². The van der Waals surface area contributed by atoms with Crippen LogP contribution in [0.25, 0.3) is 0 Å². The van der Waals surface area contributed by atoms with Crippen LogP contribution in [-0.2, 0) is 35.0 Å². The lowest BCUT2D eigenvalue weighted by Crippen LogP contribution is -2.29. The van der Waals surface area contributed by atoms with Crippen molar-refractivity contribution in [3.8, 4) is 0 Å². The average Bonchev–Trinajstić information content (AvgIpc) is 2.88. The zero-order valence-electron chi connectivity index (χ0n) is 22.6. The maximum Gasteiger partial charge on any atom is 0.416 e. The van der Waals surface area contributed by atoms with E-state index in [0.717, 1.165) is 49.9 Å². The molecule has 0 aliphatic rings. The molecule has 0 spiro atoms. The Bertz CT molecular complexity index is 967.